The fourth-order valence-electron chi connectivity index (χ4n) is 2.80. The molecule has 1 aromatic rings. The largest absolute Gasteiger partial charge is 0.461 e. The first kappa shape index (κ1) is 15.3. The summed E-state index contributed by atoms with van der Waals surface area (Å²) in [5.74, 6) is 0.0984. The molecule has 1 N–H and O–H groups in total. The second-order valence-corrected chi connectivity index (χ2v) is 7.73. The van der Waals surface area contributed by atoms with Crippen LogP contribution < -0.4 is 4.72 Å². The molecular weight excluding hydrogens is 302 g/mol. The lowest BCUT2D eigenvalue weighted by Gasteiger charge is -2.15. The average molecular weight is 323 g/mol. The summed E-state index contributed by atoms with van der Waals surface area (Å²) in [7, 11) is 0.555. The van der Waals surface area contributed by atoms with Crippen molar-refractivity contribution in [3.05, 3.63) is 23.5 Å². The van der Waals surface area contributed by atoms with Crippen LogP contribution in [0, 0.1) is 5.92 Å². The number of carbonyl (C=O) groups is 1. The highest BCUT2D eigenvalue weighted by molar-refractivity contribution is 7.91. The number of aryl methyl sites for hydroxylation is 1. The molecule has 6 nitrogen and oxygen atoms in total. The second-order valence-electron chi connectivity index (χ2n) is 5.64. The zero-order valence-corrected chi connectivity index (χ0v) is 13.9. The number of ether oxygens (including phenoxy) is 1. The van der Waals surface area contributed by atoms with Crippen molar-refractivity contribution in [2.24, 2.45) is 17.3 Å². The zero-order chi connectivity index (χ0) is 15.9. The maximum Gasteiger partial charge on any atom is 0.355 e. The molecule has 0 bridgehead atoms. The Kier molecular flexibility index (Phi) is 3.86. The highest BCUT2D eigenvalue weighted by atomic mass is 32.2. The summed E-state index contributed by atoms with van der Waals surface area (Å²) < 4.78 is 27.3. The lowest BCUT2D eigenvalue weighted by molar-refractivity contribution is 0.0515. The Hall–Kier alpha value is -1.60. The SMILES string of the molecule is CCOC(=O)c1c2c(cn1C)S(=O)(=NC)N[C@@H](C1CC1)C=C2. The van der Waals surface area contributed by atoms with Crippen molar-refractivity contribution in [2.45, 2.75) is 30.7 Å². The molecule has 1 saturated carbocycles. The molecule has 22 heavy (non-hydrogen) atoms. The van der Waals surface area contributed by atoms with E-state index in [9.17, 15) is 9.00 Å². The van der Waals surface area contributed by atoms with Crippen LogP contribution in [0.2, 0.25) is 0 Å². The van der Waals surface area contributed by atoms with Crippen molar-refractivity contribution in [2.75, 3.05) is 13.7 Å². The van der Waals surface area contributed by atoms with E-state index in [2.05, 4.69) is 9.08 Å². The van der Waals surface area contributed by atoms with Crippen LogP contribution in [0.25, 0.3) is 6.08 Å². The zero-order valence-electron chi connectivity index (χ0n) is 13.0. The van der Waals surface area contributed by atoms with Gasteiger partial charge in [0.2, 0.25) is 0 Å². The first-order valence-electron chi connectivity index (χ1n) is 7.47. The number of rotatable bonds is 3. The molecule has 1 aromatic heterocycles. The van der Waals surface area contributed by atoms with Crippen molar-refractivity contribution < 1.29 is 13.7 Å². The van der Waals surface area contributed by atoms with Crippen LogP contribution in [-0.2, 0) is 21.7 Å². The van der Waals surface area contributed by atoms with Gasteiger partial charge in [0.05, 0.1) is 11.5 Å². The highest BCUT2D eigenvalue weighted by Gasteiger charge is 2.36. The van der Waals surface area contributed by atoms with Gasteiger partial charge in [-0.05, 0) is 25.7 Å². The normalized spacial score (nSPS) is 27.1. The van der Waals surface area contributed by atoms with E-state index in [0.717, 1.165) is 12.8 Å². The number of hydrogen-bond acceptors (Lipinski definition) is 4. The molecule has 0 aromatic carbocycles. The quantitative estimate of drug-likeness (QED) is 0.864. The fraction of sp³-hybridized carbons (Fsp3) is 0.533. The van der Waals surface area contributed by atoms with E-state index in [1.807, 2.05) is 12.2 Å². The molecule has 2 aliphatic rings. The lowest BCUT2D eigenvalue weighted by Crippen LogP contribution is -2.33. The molecule has 3 rings (SSSR count). The number of esters is 1. The molecular formula is C15H21N3O3S. The predicted molar refractivity (Wildman–Crippen MR) is 84.8 cm³/mol. The summed E-state index contributed by atoms with van der Waals surface area (Å²) in [5.41, 5.74) is 1.06. The van der Waals surface area contributed by atoms with Crippen LogP contribution in [0.5, 0.6) is 0 Å². The van der Waals surface area contributed by atoms with Gasteiger partial charge in [-0.3, -0.25) is 0 Å². The molecule has 0 saturated heterocycles. The highest BCUT2D eigenvalue weighted by Crippen LogP contribution is 2.37. The monoisotopic (exact) mass is 323 g/mol. The van der Waals surface area contributed by atoms with Gasteiger partial charge in [0, 0.05) is 31.9 Å². The first-order chi connectivity index (χ1) is 10.5. The van der Waals surface area contributed by atoms with Crippen molar-refractivity contribution in [3.8, 4) is 0 Å². The number of aromatic nitrogens is 1. The molecule has 0 spiro atoms. The van der Waals surface area contributed by atoms with Gasteiger partial charge in [0.1, 0.15) is 15.6 Å². The second kappa shape index (κ2) is 5.55. The van der Waals surface area contributed by atoms with E-state index >= 15 is 0 Å². The van der Waals surface area contributed by atoms with Crippen molar-refractivity contribution in [3.63, 3.8) is 0 Å². The summed E-state index contributed by atoms with van der Waals surface area (Å²) in [6.07, 6.45) is 7.85. The van der Waals surface area contributed by atoms with E-state index in [1.165, 1.54) is 0 Å². The summed E-state index contributed by atoms with van der Waals surface area (Å²) in [6.45, 7) is 2.07. The minimum absolute atomic E-state index is 0.0314. The van der Waals surface area contributed by atoms with Crippen LogP contribution in [0.15, 0.2) is 21.5 Å². The third kappa shape index (κ3) is 2.48. The molecule has 2 atom stereocenters. The van der Waals surface area contributed by atoms with E-state index in [1.54, 1.807) is 31.8 Å². The maximum atomic E-state index is 13.2. The van der Waals surface area contributed by atoms with Crippen molar-refractivity contribution in [1.82, 2.24) is 9.29 Å². The number of nitrogens with zero attached hydrogens (tertiary/aromatic N) is 2. The smallest absolute Gasteiger partial charge is 0.355 e. The number of carbonyl (C=O) groups excluding carboxylic acids is 1. The molecule has 7 heteroatoms. The Bertz CT molecular complexity index is 752. The lowest BCUT2D eigenvalue weighted by atomic mass is 10.1. The summed E-state index contributed by atoms with van der Waals surface area (Å²) in [4.78, 5) is 12.8. The van der Waals surface area contributed by atoms with Gasteiger partial charge in [-0.15, -0.1) is 0 Å². The number of fused-ring (bicyclic) bond motifs is 1. The van der Waals surface area contributed by atoms with Gasteiger partial charge in [0.25, 0.3) is 0 Å². The van der Waals surface area contributed by atoms with Crippen molar-refractivity contribution in [1.29, 1.82) is 0 Å². The number of nitrogens with one attached hydrogen (secondary N) is 1. The molecule has 1 unspecified atom stereocenters. The fourth-order valence-corrected chi connectivity index (χ4v) is 4.63. The molecule has 1 aliphatic carbocycles. The van der Waals surface area contributed by atoms with Gasteiger partial charge < -0.3 is 9.30 Å². The first-order valence-corrected chi connectivity index (χ1v) is 8.99. The molecule has 1 aliphatic heterocycles. The van der Waals surface area contributed by atoms with E-state index in [-0.39, 0.29) is 6.04 Å². The Morgan fingerprint density at radius 3 is 2.86 bits per heavy atom. The van der Waals surface area contributed by atoms with Crippen molar-refractivity contribution >= 4 is 22.0 Å². The third-order valence-corrected chi connectivity index (χ3v) is 6.13. The van der Waals surface area contributed by atoms with Gasteiger partial charge in [-0.2, -0.15) is 0 Å². The molecule has 0 radical (unpaired) electrons. The van der Waals surface area contributed by atoms with E-state index in [4.69, 9.17) is 4.74 Å². The van der Waals surface area contributed by atoms with E-state index < -0.39 is 15.9 Å². The van der Waals surface area contributed by atoms with Crippen LogP contribution in [-0.4, -0.2) is 34.4 Å². The van der Waals surface area contributed by atoms with Crippen LogP contribution in [0.3, 0.4) is 0 Å². The summed E-state index contributed by atoms with van der Waals surface area (Å²) >= 11 is 0. The van der Waals surface area contributed by atoms with Crippen LogP contribution >= 0.6 is 0 Å². The van der Waals surface area contributed by atoms with E-state index in [0.29, 0.717) is 28.7 Å². The average Bonchev–Trinajstić information content (AvgIpc) is 3.27. The predicted octanol–water partition coefficient (Wildman–Crippen LogP) is 1.97. The third-order valence-electron chi connectivity index (χ3n) is 4.10. The standard InChI is InChI=1S/C15H21N3O3S/c1-4-21-15(19)14-11-7-8-12(10-5-6-10)17-22(20,16-2)13(11)9-18(14)3/h7-10,12H,4-6H2,1-3H3,(H,16,17,20)/t12-,22?/m1/s1. The maximum absolute atomic E-state index is 13.2. The summed E-state index contributed by atoms with van der Waals surface area (Å²) in [6, 6.07) is 0.0314. The minimum Gasteiger partial charge on any atom is -0.461 e. The Labute approximate surface area is 130 Å². The minimum atomic E-state index is -2.74. The van der Waals surface area contributed by atoms with Gasteiger partial charge >= 0.3 is 5.97 Å². The van der Waals surface area contributed by atoms with Crippen LogP contribution in [0.1, 0.15) is 35.8 Å². The molecule has 1 fully saturated rings. The van der Waals surface area contributed by atoms with Crippen LogP contribution in [0.4, 0.5) is 0 Å². The summed E-state index contributed by atoms with van der Waals surface area (Å²) in [5, 5.41) is 0. The van der Waals surface area contributed by atoms with Gasteiger partial charge in [0.15, 0.2) is 0 Å². The number of hydrogen-bond donors (Lipinski definition) is 1. The van der Waals surface area contributed by atoms with Gasteiger partial charge in [-0.25, -0.2) is 18.1 Å². The molecule has 0 amide bonds. The Morgan fingerprint density at radius 2 is 2.27 bits per heavy atom. The topological polar surface area (TPSA) is 72.7 Å². The molecule has 2 heterocycles. The molecule has 120 valence electrons. The Balaban J connectivity index is 2.15. The van der Waals surface area contributed by atoms with Gasteiger partial charge in [-0.1, -0.05) is 12.2 Å². The Morgan fingerprint density at radius 1 is 1.55 bits per heavy atom.